The second-order valence-electron chi connectivity index (χ2n) is 6.07. The minimum absolute atomic E-state index is 0.0691. The molecule has 1 heterocycles. The Hall–Kier alpha value is -2.69. The number of aryl methyl sites for hydroxylation is 1. The summed E-state index contributed by atoms with van der Waals surface area (Å²) in [5.74, 6) is -0.609. The minimum atomic E-state index is -0.232. The average Bonchev–Trinajstić information content (AvgIpc) is 3.42. The second kappa shape index (κ2) is 7.25. The highest BCUT2D eigenvalue weighted by molar-refractivity contribution is 5.99. The molecule has 2 unspecified atom stereocenters. The maximum absolute atomic E-state index is 12.2. The zero-order valence-electron chi connectivity index (χ0n) is 13.7. The van der Waals surface area contributed by atoms with Gasteiger partial charge in [0.15, 0.2) is 0 Å². The molecule has 1 aliphatic rings. The largest absolute Gasteiger partial charge is 0.352 e. The summed E-state index contributed by atoms with van der Waals surface area (Å²) in [6.45, 7) is 2.53. The molecule has 0 bridgehead atoms. The van der Waals surface area contributed by atoms with Crippen molar-refractivity contribution in [3.05, 3.63) is 59.9 Å². The molecule has 1 aromatic carbocycles. The molecule has 3 rings (SSSR count). The first-order valence-corrected chi connectivity index (χ1v) is 8.23. The van der Waals surface area contributed by atoms with Crippen LogP contribution in [-0.2, 0) is 22.6 Å². The van der Waals surface area contributed by atoms with Gasteiger partial charge in [0, 0.05) is 24.6 Å². The zero-order chi connectivity index (χ0) is 16.9. The Balaban J connectivity index is 1.47. The molecule has 5 nitrogen and oxygen atoms in total. The lowest BCUT2D eigenvalue weighted by atomic mass is 10.1. The van der Waals surface area contributed by atoms with E-state index in [-0.39, 0.29) is 23.7 Å². The number of pyridine rings is 1. The van der Waals surface area contributed by atoms with Gasteiger partial charge in [-0.15, -0.1) is 0 Å². The first-order chi connectivity index (χ1) is 11.7. The molecule has 24 heavy (non-hydrogen) atoms. The molecule has 124 valence electrons. The fraction of sp³-hybridized carbons (Fsp3) is 0.316. The molecule has 2 aromatic rings. The van der Waals surface area contributed by atoms with Crippen molar-refractivity contribution < 1.29 is 9.59 Å². The third-order valence-electron chi connectivity index (χ3n) is 4.28. The fourth-order valence-electron chi connectivity index (χ4n) is 2.66. The van der Waals surface area contributed by atoms with Gasteiger partial charge in [0.05, 0.1) is 11.8 Å². The summed E-state index contributed by atoms with van der Waals surface area (Å²) in [4.78, 5) is 28.3. The first-order valence-electron chi connectivity index (χ1n) is 8.23. The van der Waals surface area contributed by atoms with Crippen LogP contribution in [0.4, 0.5) is 5.69 Å². The highest BCUT2D eigenvalue weighted by Crippen LogP contribution is 2.39. The molecule has 2 amide bonds. The molecule has 5 heteroatoms. The topological polar surface area (TPSA) is 71.1 Å². The van der Waals surface area contributed by atoms with Gasteiger partial charge in [0.2, 0.25) is 11.8 Å². The number of carbonyl (C=O) groups excluding carboxylic acids is 2. The molecule has 1 fully saturated rings. The van der Waals surface area contributed by atoms with Gasteiger partial charge < -0.3 is 10.6 Å². The molecule has 2 N–H and O–H groups in total. The Bertz CT molecular complexity index is 713. The zero-order valence-corrected chi connectivity index (χ0v) is 13.7. The smallest absolute Gasteiger partial charge is 0.228 e. The van der Waals surface area contributed by atoms with Crippen LogP contribution in [0.3, 0.4) is 0 Å². The third kappa shape index (κ3) is 3.98. The van der Waals surface area contributed by atoms with E-state index in [4.69, 9.17) is 0 Å². The number of rotatable bonds is 6. The lowest BCUT2D eigenvalue weighted by Crippen LogP contribution is -2.27. The first kappa shape index (κ1) is 16.2. The van der Waals surface area contributed by atoms with E-state index in [1.807, 2.05) is 36.4 Å². The van der Waals surface area contributed by atoms with E-state index < -0.39 is 0 Å². The number of aromatic nitrogens is 1. The summed E-state index contributed by atoms with van der Waals surface area (Å²) in [7, 11) is 0. The summed E-state index contributed by atoms with van der Waals surface area (Å²) in [5.41, 5.74) is 2.95. The van der Waals surface area contributed by atoms with Crippen LogP contribution >= 0.6 is 0 Å². The number of amides is 2. The van der Waals surface area contributed by atoms with Crippen LogP contribution in [0.25, 0.3) is 0 Å². The van der Waals surface area contributed by atoms with Crippen molar-refractivity contribution in [1.29, 1.82) is 0 Å². The van der Waals surface area contributed by atoms with E-state index in [0.29, 0.717) is 13.0 Å². The van der Waals surface area contributed by atoms with E-state index in [1.54, 1.807) is 12.4 Å². The van der Waals surface area contributed by atoms with Gasteiger partial charge in [0.25, 0.3) is 0 Å². The van der Waals surface area contributed by atoms with Crippen molar-refractivity contribution in [2.45, 2.75) is 26.3 Å². The molecule has 0 saturated heterocycles. The Morgan fingerprint density at radius 3 is 2.50 bits per heavy atom. The molecule has 0 aliphatic heterocycles. The van der Waals surface area contributed by atoms with Gasteiger partial charge in [-0.3, -0.25) is 14.6 Å². The van der Waals surface area contributed by atoms with Gasteiger partial charge in [-0.05, 0) is 42.2 Å². The number of nitrogens with one attached hydrogen (secondary N) is 2. The Kier molecular flexibility index (Phi) is 4.89. The maximum Gasteiger partial charge on any atom is 0.228 e. The average molecular weight is 323 g/mol. The second-order valence-corrected chi connectivity index (χ2v) is 6.07. The summed E-state index contributed by atoms with van der Waals surface area (Å²) in [6, 6.07) is 11.5. The molecular formula is C19H21N3O2. The molecule has 0 radical (unpaired) electrons. The normalized spacial score (nSPS) is 18.7. The van der Waals surface area contributed by atoms with E-state index >= 15 is 0 Å². The van der Waals surface area contributed by atoms with Crippen molar-refractivity contribution >= 4 is 17.5 Å². The summed E-state index contributed by atoms with van der Waals surface area (Å²) < 4.78 is 0. The minimum Gasteiger partial charge on any atom is -0.352 e. The molecule has 1 saturated carbocycles. The predicted octanol–water partition coefficient (Wildman–Crippen LogP) is 2.54. The summed E-state index contributed by atoms with van der Waals surface area (Å²) in [5, 5.41) is 5.75. The third-order valence-corrected chi connectivity index (χ3v) is 4.28. The van der Waals surface area contributed by atoms with Crippen molar-refractivity contribution in [3.8, 4) is 0 Å². The molecule has 2 atom stereocenters. The van der Waals surface area contributed by atoms with Gasteiger partial charge in [0.1, 0.15) is 0 Å². The van der Waals surface area contributed by atoms with Crippen molar-refractivity contribution in [2.75, 3.05) is 5.32 Å². The molecular weight excluding hydrogens is 302 g/mol. The van der Waals surface area contributed by atoms with E-state index in [1.165, 1.54) is 5.56 Å². The SMILES string of the molecule is CCc1ccc(NC(=O)C2CC2C(=O)NCc2cccnc2)cc1. The van der Waals surface area contributed by atoms with Crippen LogP contribution in [0.5, 0.6) is 0 Å². The number of benzene rings is 1. The highest BCUT2D eigenvalue weighted by Gasteiger charge is 2.47. The van der Waals surface area contributed by atoms with Gasteiger partial charge in [-0.2, -0.15) is 0 Å². The van der Waals surface area contributed by atoms with Crippen LogP contribution in [0.1, 0.15) is 24.5 Å². The van der Waals surface area contributed by atoms with E-state index in [9.17, 15) is 9.59 Å². The quantitative estimate of drug-likeness (QED) is 0.858. The van der Waals surface area contributed by atoms with Crippen molar-refractivity contribution in [2.24, 2.45) is 11.8 Å². The van der Waals surface area contributed by atoms with Crippen LogP contribution in [0, 0.1) is 11.8 Å². The fourth-order valence-corrected chi connectivity index (χ4v) is 2.66. The Morgan fingerprint density at radius 1 is 1.08 bits per heavy atom. The summed E-state index contributed by atoms with van der Waals surface area (Å²) >= 11 is 0. The Morgan fingerprint density at radius 2 is 1.83 bits per heavy atom. The monoisotopic (exact) mass is 323 g/mol. The maximum atomic E-state index is 12.2. The van der Waals surface area contributed by atoms with Crippen LogP contribution in [-0.4, -0.2) is 16.8 Å². The predicted molar refractivity (Wildman–Crippen MR) is 92.1 cm³/mol. The number of hydrogen-bond acceptors (Lipinski definition) is 3. The molecule has 1 aliphatic carbocycles. The number of nitrogens with zero attached hydrogens (tertiary/aromatic N) is 1. The van der Waals surface area contributed by atoms with Crippen LogP contribution in [0.2, 0.25) is 0 Å². The van der Waals surface area contributed by atoms with Crippen LogP contribution < -0.4 is 10.6 Å². The van der Waals surface area contributed by atoms with E-state index in [0.717, 1.165) is 17.7 Å². The highest BCUT2D eigenvalue weighted by atomic mass is 16.2. The summed E-state index contributed by atoms with van der Waals surface area (Å²) in [6.07, 6.45) is 4.99. The van der Waals surface area contributed by atoms with Gasteiger partial charge in [-0.25, -0.2) is 0 Å². The van der Waals surface area contributed by atoms with Crippen LogP contribution in [0.15, 0.2) is 48.8 Å². The van der Waals surface area contributed by atoms with Crippen molar-refractivity contribution in [3.63, 3.8) is 0 Å². The molecule has 0 spiro atoms. The lowest BCUT2D eigenvalue weighted by Gasteiger charge is -2.07. The lowest BCUT2D eigenvalue weighted by molar-refractivity contribution is -0.125. The Labute approximate surface area is 141 Å². The van der Waals surface area contributed by atoms with Gasteiger partial charge in [-0.1, -0.05) is 25.1 Å². The standard InChI is InChI=1S/C19H21N3O2/c1-2-13-5-7-15(8-6-13)22-19(24)17-10-16(17)18(23)21-12-14-4-3-9-20-11-14/h3-9,11,16-17H,2,10,12H2,1H3,(H,21,23)(H,22,24). The van der Waals surface area contributed by atoms with Gasteiger partial charge >= 0.3 is 0 Å². The van der Waals surface area contributed by atoms with Crippen molar-refractivity contribution in [1.82, 2.24) is 10.3 Å². The number of hydrogen-bond donors (Lipinski definition) is 2. The van der Waals surface area contributed by atoms with E-state index in [2.05, 4.69) is 22.5 Å². The number of anilines is 1. The number of carbonyl (C=O) groups is 2. The molecule has 1 aromatic heterocycles.